The van der Waals surface area contributed by atoms with Gasteiger partial charge in [0.15, 0.2) is 5.11 Å². The Labute approximate surface area is 117 Å². The Morgan fingerprint density at radius 2 is 1.92 bits per heavy atom. The van der Waals surface area contributed by atoms with E-state index < -0.39 is 18.3 Å². The SMILES string of the molecule is NC(=S)NNC(=O)CC(=O)O.[K+]. The third-order valence-electron chi connectivity index (χ3n) is 0.637. The van der Waals surface area contributed by atoms with Gasteiger partial charge in [-0.25, -0.2) is 0 Å². The number of rotatable bonds is 2. The molecule has 0 aliphatic carbocycles. The third kappa shape index (κ3) is 10.3. The van der Waals surface area contributed by atoms with E-state index in [1.54, 1.807) is 0 Å². The summed E-state index contributed by atoms with van der Waals surface area (Å²) in [6.07, 6.45) is -0.615. The molecule has 0 fully saturated rings. The van der Waals surface area contributed by atoms with Crippen LogP contribution in [0.2, 0.25) is 0 Å². The van der Waals surface area contributed by atoms with Crippen LogP contribution in [0.5, 0.6) is 0 Å². The van der Waals surface area contributed by atoms with Gasteiger partial charge < -0.3 is 10.8 Å². The Morgan fingerprint density at radius 1 is 1.42 bits per heavy atom. The number of carboxylic acid groups (broad SMARTS) is 1. The van der Waals surface area contributed by atoms with Crippen LogP contribution < -0.4 is 68.0 Å². The molecule has 0 aliphatic rings. The summed E-state index contributed by atoms with van der Waals surface area (Å²) in [7, 11) is 0. The molecule has 0 rings (SSSR count). The first kappa shape index (κ1) is 14.8. The Balaban J connectivity index is 0. The van der Waals surface area contributed by atoms with Gasteiger partial charge in [0.25, 0.3) is 0 Å². The van der Waals surface area contributed by atoms with Crippen molar-refractivity contribution < 1.29 is 66.1 Å². The number of nitrogens with one attached hydrogen (secondary N) is 2. The van der Waals surface area contributed by atoms with Crippen molar-refractivity contribution in [3.05, 3.63) is 0 Å². The number of carbonyl (C=O) groups excluding carboxylic acids is 1. The van der Waals surface area contributed by atoms with E-state index in [1.165, 1.54) is 0 Å². The summed E-state index contributed by atoms with van der Waals surface area (Å²) in [5.41, 5.74) is 9.00. The summed E-state index contributed by atoms with van der Waals surface area (Å²) in [6.45, 7) is 0. The second-order valence-electron chi connectivity index (χ2n) is 1.61. The standard InChI is InChI=1S/C4H7N3O3S.K/c5-4(11)7-6-2(8)1-3(9)10;/h1H2,(H,6,8)(H,9,10)(H3,5,7,11);/q;+1. The molecule has 0 aromatic heterocycles. The molecule has 0 saturated carbocycles. The predicted octanol–water partition coefficient (Wildman–Crippen LogP) is -4.67. The first-order valence-electron chi connectivity index (χ1n) is 2.58. The quantitative estimate of drug-likeness (QED) is 0.160. The molecule has 0 heterocycles. The normalized spacial score (nSPS) is 7.67. The van der Waals surface area contributed by atoms with Crippen LogP contribution in [0.1, 0.15) is 6.42 Å². The first-order valence-corrected chi connectivity index (χ1v) is 2.99. The number of hydrazine groups is 1. The zero-order valence-electron chi connectivity index (χ0n) is 6.46. The van der Waals surface area contributed by atoms with Crippen molar-refractivity contribution in [3.63, 3.8) is 0 Å². The van der Waals surface area contributed by atoms with Crippen LogP contribution in [0.3, 0.4) is 0 Å². The molecule has 0 spiro atoms. The van der Waals surface area contributed by atoms with E-state index in [1.807, 2.05) is 5.43 Å². The zero-order valence-corrected chi connectivity index (χ0v) is 10.4. The van der Waals surface area contributed by atoms with Gasteiger partial charge in [-0.2, -0.15) is 0 Å². The van der Waals surface area contributed by atoms with Crippen molar-refractivity contribution in [2.24, 2.45) is 5.73 Å². The van der Waals surface area contributed by atoms with Gasteiger partial charge in [0.2, 0.25) is 5.91 Å². The topological polar surface area (TPSA) is 104 Å². The summed E-state index contributed by atoms with van der Waals surface area (Å²) in [5.74, 6) is -1.92. The number of amides is 1. The second kappa shape index (κ2) is 7.89. The summed E-state index contributed by atoms with van der Waals surface area (Å²) >= 11 is 4.33. The smallest absolute Gasteiger partial charge is 0.481 e. The minimum Gasteiger partial charge on any atom is -0.481 e. The van der Waals surface area contributed by atoms with Gasteiger partial charge in [-0.3, -0.25) is 20.4 Å². The molecule has 12 heavy (non-hydrogen) atoms. The van der Waals surface area contributed by atoms with Gasteiger partial charge in [0, 0.05) is 0 Å². The van der Waals surface area contributed by atoms with E-state index in [-0.39, 0.29) is 56.5 Å². The number of hydrogen-bond donors (Lipinski definition) is 4. The van der Waals surface area contributed by atoms with Crippen molar-refractivity contribution >= 4 is 29.2 Å². The van der Waals surface area contributed by atoms with Crippen molar-refractivity contribution in [1.82, 2.24) is 10.9 Å². The molecule has 0 aromatic carbocycles. The average Bonchev–Trinajstić information content (AvgIpc) is 1.82. The van der Waals surface area contributed by atoms with Crippen LogP contribution in [0.4, 0.5) is 0 Å². The van der Waals surface area contributed by atoms with Gasteiger partial charge in [-0.15, -0.1) is 0 Å². The second-order valence-corrected chi connectivity index (χ2v) is 2.05. The number of aliphatic carboxylic acids is 1. The van der Waals surface area contributed by atoms with Crippen molar-refractivity contribution in [3.8, 4) is 0 Å². The van der Waals surface area contributed by atoms with E-state index in [2.05, 4.69) is 17.6 Å². The van der Waals surface area contributed by atoms with Crippen molar-refractivity contribution in [2.75, 3.05) is 0 Å². The van der Waals surface area contributed by atoms with Crippen molar-refractivity contribution in [1.29, 1.82) is 0 Å². The molecule has 62 valence electrons. The van der Waals surface area contributed by atoms with Gasteiger partial charge >= 0.3 is 57.4 Å². The maximum Gasteiger partial charge on any atom is 1.00 e. The monoisotopic (exact) mass is 216 g/mol. The van der Waals surface area contributed by atoms with Gasteiger partial charge in [-0.05, 0) is 12.2 Å². The van der Waals surface area contributed by atoms with E-state index in [9.17, 15) is 9.59 Å². The van der Waals surface area contributed by atoms with Crippen LogP contribution in [-0.4, -0.2) is 22.1 Å². The van der Waals surface area contributed by atoms with Gasteiger partial charge in [0.1, 0.15) is 6.42 Å². The number of carboxylic acids is 1. The minimum atomic E-state index is -1.22. The number of hydrogen-bond acceptors (Lipinski definition) is 3. The first-order chi connectivity index (χ1) is 5.02. The molecule has 0 aliphatic heterocycles. The number of thiocarbonyl (C=S) groups is 1. The summed E-state index contributed by atoms with van der Waals surface area (Å²) < 4.78 is 0. The van der Waals surface area contributed by atoms with E-state index in [4.69, 9.17) is 10.8 Å². The van der Waals surface area contributed by atoms with Crippen molar-refractivity contribution in [2.45, 2.75) is 6.42 Å². The molecular weight excluding hydrogens is 209 g/mol. The Morgan fingerprint density at radius 3 is 2.25 bits per heavy atom. The number of nitrogens with two attached hydrogens (primary N) is 1. The maximum atomic E-state index is 10.5. The van der Waals surface area contributed by atoms with E-state index in [0.717, 1.165) is 0 Å². The summed E-state index contributed by atoms with van der Waals surface area (Å²) in [5, 5.41) is 7.97. The molecule has 0 atom stereocenters. The largest absolute Gasteiger partial charge is 1.00 e. The van der Waals surface area contributed by atoms with E-state index >= 15 is 0 Å². The molecule has 0 saturated heterocycles. The molecular formula is C4H7KN3O3S+. The fourth-order valence-electron chi connectivity index (χ4n) is 0.313. The molecule has 0 radical (unpaired) electrons. The Bertz CT molecular complexity index is 198. The molecule has 8 heteroatoms. The molecule has 0 bridgehead atoms. The minimum absolute atomic E-state index is 0. The predicted molar refractivity (Wildman–Crippen MR) is 40.3 cm³/mol. The Hall–Kier alpha value is 0.266. The van der Waals surface area contributed by atoms with Crippen LogP contribution in [-0.2, 0) is 9.59 Å². The van der Waals surface area contributed by atoms with Crippen LogP contribution >= 0.6 is 12.2 Å². The number of carbonyl (C=O) groups is 2. The van der Waals surface area contributed by atoms with E-state index in [0.29, 0.717) is 0 Å². The molecule has 0 unspecified atom stereocenters. The average molecular weight is 216 g/mol. The van der Waals surface area contributed by atoms with Gasteiger partial charge in [0.05, 0.1) is 0 Å². The van der Waals surface area contributed by atoms with Crippen LogP contribution in [0.15, 0.2) is 0 Å². The molecule has 6 nitrogen and oxygen atoms in total. The molecule has 1 amide bonds. The fourth-order valence-corrected chi connectivity index (χ4v) is 0.364. The van der Waals surface area contributed by atoms with Gasteiger partial charge in [-0.1, -0.05) is 0 Å². The Kier molecular flexibility index (Phi) is 9.72. The maximum absolute atomic E-state index is 10.5. The van der Waals surface area contributed by atoms with Crippen LogP contribution in [0.25, 0.3) is 0 Å². The summed E-state index contributed by atoms with van der Waals surface area (Å²) in [6, 6.07) is 0. The third-order valence-corrected chi connectivity index (χ3v) is 0.739. The fraction of sp³-hybridized carbons (Fsp3) is 0.250. The van der Waals surface area contributed by atoms with Crippen LogP contribution in [0, 0.1) is 0 Å². The summed E-state index contributed by atoms with van der Waals surface area (Å²) in [4.78, 5) is 20.4. The molecule has 0 aromatic rings. The molecule has 5 N–H and O–H groups in total. The zero-order chi connectivity index (χ0) is 8.85.